The minimum Gasteiger partial charge on any atom is -0.481 e. The Bertz CT molecular complexity index is 564. The maximum atomic E-state index is 11.7. The van der Waals surface area contributed by atoms with Gasteiger partial charge in [-0.05, 0) is 43.0 Å². The van der Waals surface area contributed by atoms with E-state index in [0.717, 1.165) is 31.6 Å². The third-order valence-corrected chi connectivity index (χ3v) is 4.54. The van der Waals surface area contributed by atoms with E-state index in [0.29, 0.717) is 24.5 Å². The molecule has 0 spiro atoms. The summed E-state index contributed by atoms with van der Waals surface area (Å²) in [6.07, 6.45) is 2.14. The van der Waals surface area contributed by atoms with Crippen LogP contribution in [0.4, 0.5) is 5.69 Å². The molecule has 2 N–H and O–H groups in total. The van der Waals surface area contributed by atoms with Gasteiger partial charge in [-0.3, -0.25) is 14.9 Å². The first-order chi connectivity index (χ1) is 11.2. The van der Waals surface area contributed by atoms with Crippen molar-refractivity contribution in [2.45, 2.75) is 31.8 Å². The number of ether oxygens (including phenoxy) is 1. The molecule has 2 amide bonds. The number of benzene rings is 1. The number of aliphatic hydroxyl groups is 1. The lowest BCUT2D eigenvalue weighted by Crippen LogP contribution is -2.46. The van der Waals surface area contributed by atoms with E-state index in [-0.39, 0.29) is 18.4 Å². The van der Waals surface area contributed by atoms with Gasteiger partial charge in [0.05, 0.1) is 0 Å². The van der Waals surface area contributed by atoms with E-state index in [4.69, 9.17) is 4.74 Å². The van der Waals surface area contributed by atoms with Crippen LogP contribution >= 0.6 is 0 Å². The van der Waals surface area contributed by atoms with Crippen LogP contribution in [0, 0.1) is 5.92 Å². The molecule has 1 aromatic rings. The predicted octanol–water partition coefficient (Wildman–Crippen LogP) is 1.08. The van der Waals surface area contributed by atoms with Gasteiger partial charge >= 0.3 is 0 Å². The minimum absolute atomic E-state index is 0.239. The van der Waals surface area contributed by atoms with E-state index in [1.54, 1.807) is 0 Å². The van der Waals surface area contributed by atoms with Crippen LogP contribution in [0.25, 0.3) is 0 Å². The zero-order valence-electron chi connectivity index (χ0n) is 13.0. The molecule has 1 unspecified atom stereocenters. The number of nitrogens with zero attached hydrogens (tertiary/aromatic N) is 1. The normalized spacial score (nSPS) is 22.8. The van der Waals surface area contributed by atoms with Crippen molar-refractivity contribution in [2.24, 2.45) is 5.92 Å². The first-order valence-electron chi connectivity index (χ1n) is 8.12. The summed E-state index contributed by atoms with van der Waals surface area (Å²) in [4.78, 5) is 25.1. The van der Waals surface area contributed by atoms with Crippen LogP contribution < -0.4 is 15.0 Å². The van der Waals surface area contributed by atoms with Crippen molar-refractivity contribution < 1.29 is 19.4 Å². The molecule has 2 aliphatic heterocycles. The van der Waals surface area contributed by atoms with E-state index < -0.39 is 6.10 Å². The molecule has 2 fully saturated rings. The lowest BCUT2D eigenvalue weighted by molar-refractivity contribution is -0.138. The summed E-state index contributed by atoms with van der Waals surface area (Å²) in [6, 6.07) is 7.69. The largest absolute Gasteiger partial charge is 0.481 e. The quantitative estimate of drug-likeness (QED) is 0.812. The summed E-state index contributed by atoms with van der Waals surface area (Å²) in [5.74, 6) is 0.447. The number of anilines is 1. The van der Waals surface area contributed by atoms with Crippen molar-refractivity contribution >= 4 is 17.5 Å². The molecule has 0 bridgehead atoms. The highest BCUT2D eigenvalue weighted by atomic mass is 16.5. The van der Waals surface area contributed by atoms with Crippen LogP contribution in [-0.4, -0.2) is 42.7 Å². The van der Waals surface area contributed by atoms with Gasteiger partial charge in [0.2, 0.25) is 5.91 Å². The fraction of sp³-hybridized carbons (Fsp3) is 0.529. The number of carbonyl (C=O) groups is 2. The summed E-state index contributed by atoms with van der Waals surface area (Å²) in [5.41, 5.74) is 1.12. The third-order valence-electron chi connectivity index (χ3n) is 4.54. The monoisotopic (exact) mass is 318 g/mol. The van der Waals surface area contributed by atoms with E-state index in [1.165, 1.54) is 0 Å². The van der Waals surface area contributed by atoms with Gasteiger partial charge in [-0.1, -0.05) is 0 Å². The molecule has 2 aliphatic rings. The van der Waals surface area contributed by atoms with Gasteiger partial charge < -0.3 is 14.7 Å². The summed E-state index contributed by atoms with van der Waals surface area (Å²) in [6.45, 7) is 2.16. The zero-order valence-corrected chi connectivity index (χ0v) is 13.0. The lowest BCUT2D eigenvalue weighted by atomic mass is 9.97. The van der Waals surface area contributed by atoms with Crippen LogP contribution in [0.3, 0.4) is 0 Å². The molecule has 0 saturated carbocycles. The summed E-state index contributed by atoms with van der Waals surface area (Å²) < 4.78 is 5.68. The van der Waals surface area contributed by atoms with E-state index in [9.17, 15) is 14.7 Å². The Labute approximate surface area is 135 Å². The average molecular weight is 318 g/mol. The molecular weight excluding hydrogens is 296 g/mol. The number of amides is 2. The molecule has 3 rings (SSSR count). The maximum Gasteiger partial charge on any atom is 0.267 e. The third kappa shape index (κ3) is 3.82. The number of nitrogens with one attached hydrogen (secondary N) is 1. The van der Waals surface area contributed by atoms with Crippen LogP contribution in [0.2, 0.25) is 0 Å². The molecule has 0 radical (unpaired) electrons. The van der Waals surface area contributed by atoms with Crippen molar-refractivity contribution in [1.29, 1.82) is 0 Å². The van der Waals surface area contributed by atoms with Gasteiger partial charge in [0.1, 0.15) is 5.75 Å². The Morgan fingerprint density at radius 3 is 2.43 bits per heavy atom. The van der Waals surface area contributed by atoms with Crippen LogP contribution in [0.15, 0.2) is 24.3 Å². The number of piperidine rings is 2. The first kappa shape index (κ1) is 15.8. The van der Waals surface area contributed by atoms with Crippen molar-refractivity contribution in [3.05, 3.63) is 24.3 Å². The molecular formula is C17H22N2O4. The van der Waals surface area contributed by atoms with E-state index in [2.05, 4.69) is 10.2 Å². The van der Waals surface area contributed by atoms with Crippen LogP contribution in [-0.2, 0) is 9.59 Å². The second kappa shape index (κ2) is 7.00. The van der Waals surface area contributed by atoms with Crippen LogP contribution in [0.5, 0.6) is 5.75 Å². The van der Waals surface area contributed by atoms with Gasteiger partial charge in [0, 0.05) is 38.2 Å². The lowest BCUT2D eigenvalue weighted by Gasteiger charge is -2.33. The Kier molecular flexibility index (Phi) is 4.81. The standard InChI is InChI=1S/C17H22N2O4/c20-11-12-7-9-19(10-8-12)13-1-3-14(4-2-13)23-15-5-6-16(21)18-17(15)22/h1-4,12,15,20H,5-11H2,(H,18,21,22). The molecule has 124 valence electrons. The molecule has 0 aliphatic carbocycles. The van der Waals surface area contributed by atoms with Crippen molar-refractivity contribution in [1.82, 2.24) is 5.32 Å². The predicted molar refractivity (Wildman–Crippen MR) is 85.3 cm³/mol. The van der Waals surface area contributed by atoms with E-state index >= 15 is 0 Å². The summed E-state index contributed by atoms with van der Waals surface area (Å²) in [7, 11) is 0. The van der Waals surface area contributed by atoms with Gasteiger partial charge in [-0.2, -0.15) is 0 Å². The second-order valence-corrected chi connectivity index (χ2v) is 6.16. The Morgan fingerprint density at radius 2 is 1.83 bits per heavy atom. The van der Waals surface area contributed by atoms with Gasteiger partial charge in [-0.15, -0.1) is 0 Å². The van der Waals surface area contributed by atoms with Crippen molar-refractivity contribution in [3.8, 4) is 5.75 Å². The number of rotatable bonds is 4. The number of aliphatic hydroxyl groups excluding tert-OH is 1. The topological polar surface area (TPSA) is 78.9 Å². The highest BCUT2D eigenvalue weighted by Crippen LogP contribution is 2.26. The highest BCUT2D eigenvalue weighted by molar-refractivity contribution is 5.99. The first-order valence-corrected chi connectivity index (χ1v) is 8.12. The molecule has 0 aromatic heterocycles. The Hall–Kier alpha value is -2.08. The van der Waals surface area contributed by atoms with Crippen LogP contribution in [0.1, 0.15) is 25.7 Å². The van der Waals surface area contributed by atoms with Gasteiger partial charge in [0.25, 0.3) is 5.91 Å². The minimum atomic E-state index is -0.598. The fourth-order valence-electron chi connectivity index (χ4n) is 3.06. The molecule has 2 heterocycles. The Balaban J connectivity index is 1.57. The highest BCUT2D eigenvalue weighted by Gasteiger charge is 2.28. The van der Waals surface area contributed by atoms with Crippen molar-refractivity contribution in [2.75, 3.05) is 24.6 Å². The average Bonchev–Trinajstić information content (AvgIpc) is 2.58. The zero-order chi connectivity index (χ0) is 16.2. The van der Waals surface area contributed by atoms with Crippen molar-refractivity contribution in [3.63, 3.8) is 0 Å². The summed E-state index contributed by atoms with van der Waals surface area (Å²) in [5, 5.41) is 11.5. The second-order valence-electron chi connectivity index (χ2n) is 6.16. The Morgan fingerprint density at radius 1 is 1.13 bits per heavy atom. The summed E-state index contributed by atoms with van der Waals surface area (Å²) >= 11 is 0. The molecule has 6 heteroatoms. The van der Waals surface area contributed by atoms with Gasteiger partial charge in [-0.25, -0.2) is 0 Å². The number of imide groups is 1. The fourth-order valence-corrected chi connectivity index (χ4v) is 3.06. The number of hydrogen-bond donors (Lipinski definition) is 2. The smallest absolute Gasteiger partial charge is 0.267 e. The van der Waals surface area contributed by atoms with Gasteiger partial charge in [0.15, 0.2) is 6.10 Å². The molecule has 2 saturated heterocycles. The molecule has 23 heavy (non-hydrogen) atoms. The molecule has 6 nitrogen and oxygen atoms in total. The molecule has 1 atom stereocenters. The molecule has 1 aromatic carbocycles. The number of hydrogen-bond acceptors (Lipinski definition) is 5. The SMILES string of the molecule is O=C1CCC(Oc2ccc(N3CCC(CO)CC3)cc2)C(=O)N1. The van der Waals surface area contributed by atoms with E-state index in [1.807, 2.05) is 24.3 Å². The number of carbonyl (C=O) groups excluding carboxylic acids is 2. The maximum absolute atomic E-state index is 11.7.